The number of carbonyl (C=O) groups is 2. The maximum Gasteiger partial charge on any atom is 0.259 e. The fourth-order valence-electron chi connectivity index (χ4n) is 4.75. The van der Waals surface area contributed by atoms with E-state index in [1.807, 2.05) is 35.2 Å². The lowest BCUT2D eigenvalue weighted by molar-refractivity contribution is -0.119. The summed E-state index contributed by atoms with van der Waals surface area (Å²) in [6.07, 6.45) is 9.87. The Balaban J connectivity index is 1.27. The van der Waals surface area contributed by atoms with Crippen LogP contribution in [0.1, 0.15) is 47.2 Å². The zero-order valence-electron chi connectivity index (χ0n) is 19.7. The summed E-state index contributed by atoms with van der Waals surface area (Å²) in [6, 6.07) is 13.4. The van der Waals surface area contributed by atoms with E-state index >= 15 is 0 Å². The monoisotopic (exact) mass is 470 g/mol. The van der Waals surface area contributed by atoms with E-state index in [0.717, 1.165) is 36.2 Å². The van der Waals surface area contributed by atoms with Crippen LogP contribution in [0.3, 0.4) is 0 Å². The van der Waals surface area contributed by atoms with Crippen LogP contribution >= 0.6 is 0 Å². The molecule has 3 N–H and O–H groups in total. The number of amides is 2. The molecule has 0 saturated carbocycles. The number of piperidine rings is 1. The van der Waals surface area contributed by atoms with E-state index in [0.29, 0.717) is 36.6 Å². The average Bonchev–Trinajstić information content (AvgIpc) is 3.32. The largest absolute Gasteiger partial charge is 0.365 e. The van der Waals surface area contributed by atoms with E-state index in [2.05, 4.69) is 25.9 Å². The van der Waals surface area contributed by atoms with Crippen molar-refractivity contribution in [2.45, 2.75) is 44.7 Å². The lowest BCUT2D eigenvalue weighted by atomic mass is 10.0. The second-order valence-electron chi connectivity index (χ2n) is 9.05. The Labute approximate surface area is 205 Å². The van der Waals surface area contributed by atoms with E-state index in [-0.39, 0.29) is 17.9 Å². The first-order valence-electron chi connectivity index (χ1n) is 12.2. The fourth-order valence-corrected chi connectivity index (χ4v) is 4.75. The van der Waals surface area contributed by atoms with Gasteiger partial charge in [-0.15, -0.1) is 0 Å². The van der Waals surface area contributed by atoms with Crippen molar-refractivity contribution in [2.75, 3.05) is 28.6 Å². The highest BCUT2D eigenvalue weighted by molar-refractivity contribution is 6.08. The minimum Gasteiger partial charge on any atom is -0.365 e. The molecule has 2 amide bonds. The molecule has 180 valence electrons. The van der Waals surface area contributed by atoms with Gasteiger partial charge in [0.25, 0.3) is 5.91 Å². The number of anilines is 3. The van der Waals surface area contributed by atoms with Crippen LogP contribution in [-0.4, -0.2) is 40.9 Å². The molecule has 2 aromatic heterocycles. The van der Waals surface area contributed by atoms with Gasteiger partial charge < -0.3 is 20.9 Å². The molecule has 0 aliphatic carbocycles. The van der Waals surface area contributed by atoms with E-state index in [4.69, 9.17) is 0 Å². The highest BCUT2D eigenvalue weighted by atomic mass is 16.2. The van der Waals surface area contributed by atoms with E-state index in [1.165, 1.54) is 12.8 Å². The summed E-state index contributed by atoms with van der Waals surface area (Å²) in [5.74, 6) is 0.402. The lowest BCUT2D eigenvalue weighted by Crippen LogP contribution is -2.40. The number of nitrogens with zero attached hydrogens (tertiary/aromatic N) is 3. The SMILES string of the molecule is O=C(Nc1ccc2c(c1)N(C(=O)CC1CCCCN1)CC2)c1cccnc1NCc1ccncc1. The van der Waals surface area contributed by atoms with Gasteiger partial charge in [-0.3, -0.25) is 14.6 Å². The van der Waals surface area contributed by atoms with Crippen molar-refractivity contribution < 1.29 is 9.59 Å². The van der Waals surface area contributed by atoms with Crippen molar-refractivity contribution in [1.82, 2.24) is 15.3 Å². The molecule has 2 aliphatic heterocycles. The fraction of sp³-hybridized carbons (Fsp3) is 0.333. The number of rotatable bonds is 7. The van der Waals surface area contributed by atoms with Gasteiger partial charge in [0, 0.05) is 55.5 Å². The Morgan fingerprint density at radius 3 is 2.80 bits per heavy atom. The Hall–Kier alpha value is -3.78. The summed E-state index contributed by atoms with van der Waals surface area (Å²) in [5.41, 5.74) is 4.19. The van der Waals surface area contributed by atoms with Crippen LogP contribution in [0.4, 0.5) is 17.2 Å². The molecule has 1 aromatic carbocycles. The minimum absolute atomic E-state index is 0.140. The van der Waals surface area contributed by atoms with Crippen molar-refractivity contribution >= 4 is 29.0 Å². The van der Waals surface area contributed by atoms with Crippen LogP contribution in [0.15, 0.2) is 61.1 Å². The maximum atomic E-state index is 13.1. The zero-order chi connectivity index (χ0) is 24.0. The molecule has 8 nitrogen and oxygen atoms in total. The van der Waals surface area contributed by atoms with Gasteiger partial charge >= 0.3 is 0 Å². The molecule has 3 aromatic rings. The summed E-state index contributed by atoms with van der Waals surface area (Å²) in [7, 11) is 0. The van der Waals surface area contributed by atoms with Crippen molar-refractivity contribution in [3.05, 3.63) is 77.7 Å². The number of carbonyl (C=O) groups excluding carboxylic acids is 2. The van der Waals surface area contributed by atoms with E-state index in [1.54, 1.807) is 30.7 Å². The van der Waals surface area contributed by atoms with Crippen LogP contribution in [-0.2, 0) is 17.8 Å². The maximum absolute atomic E-state index is 13.1. The average molecular weight is 471 g/mol. The summed E-state index contributed by atoms with van der Waals surface area (Å²) in [5, 5.41) is 9.69. The Kier molecular flexibility index (Phi) is 6.99. The van der Waals surface area contributed by atoms with Gasteiger partial charge in [0.2, 0.25) is 5.91 Å². The Morgan fingerprint density at radius 2 is 1.97 bits per heavy atom. The number of hydrogen-bond donors (Lipinski definition) is 3. The third kappa shape index (κ3) is 5.49. The van der Waals surface area contributed by atoms with Gasteiger partial charge in [0.1, 0.15) is 5.82 Å². The van der Waals surface area contributed by atoms with Gasteiger partial charge in [-0.25, -0.2) is 4.98 Å². The Bertz CT molecular complexity index is 1190. The standard InChI is InChI=1S/C27H30N6O2/c34-25(17-21-4-1-2-11-29-21)33-15-10-20-6-7-22(16-24(20)33)32-27(35)23-5-3-12-30-26(23)31-18-19-8-13-28-14-9-19/h3,5-9,12-14,16,21,29H,1-2,4,10-11,15,17-18H2,(H,30,31)(H,32,35). The van der Waals surface area contributed by atoms with Crippen molar-refractivity contribution in [3.8, 4) is 0 Å². The van der Waals surface area contributed by atoms with Gasteiger partial charge in [-0.05, 0) is 73.3 Å². The van der Waals surface area contributed by atoms with Crippen molar-refractivity contribution in [1.29, 1.82) is 0 Å². The molecule has 0 bridgehead atoms. The van der Waals surface area contributed by atoms with E-state index < -0.39 is 0 Å². The first-order valence-corrected chi connectivity index (χ1v) is 12.2. The second kappa shape index (κ2) is 10.7. The van der Waals surface area contributed by atoms with Crippen LogP contribution in [0.5, 0.6) is 0 Å². The number of fused-ring (bicyclic) bond motifs is 1. The second-order valence-corrected chi connectivity index (χ2v) is 9.05. The predicted molar refractivity (Wildman–Crippen MR) is 137 cm³/mol. The molecular weight excluding hydrogens is 440 g/mol. The van der Waals surface area contributed by atoms with E-state index in [9.17, 15) is 9.59 Å². The Morgan fingerprint density at radius 1 is 1.09 bits per heavy atom. The molecule has 0 spiro atoms. The molecule has 5 rings (SSSR count). The lowest BCUT2D eigenvalue weighted by Gasteiger charge is -2.26. The number of benzene rings is 1. The summed E-state index contributed by atoms with van der Waals surface area (Å²) < 4.78 is 0. The van der Waals surface area contributed by atoms with Crippen molar-refractivity contribution in [3.63, 3.8) is 0 Å². The quantitative estimate of drug-likeness (QED) is 0.486. The topological polar surface area (TPSA) is 99.3 Å². The molecule has 0 radical (unpaired) electrons. The smallest absolute Gasteiger partial charge is 0.259 e. The number of hydrogen-bond acceptors (Lipinski definition) is 6. The molecule has 1 saturated heterocycles. The molecule has 1 fully saturated rings. The van der Waals surface area contributed by atoms with Gasteiger partial charge in [-0.1, -0.05) is 12.5 Å². The summed E-state index contributed by atoms with van der Waals surface area (Å²) in [4.78, 5) is 36.4. The molecule has 4 heterocycles. The number of nitrogens with one attached hydrogen (secondary N) is 3. The molecule has 2 aliphatic rings. The molecule has 1 unspecified atom stereocenters. The number of pyridine rings is 2. The van der Waals surface area contributed by atoms with Crippen LogP contribution < -0.4 is 20.9 Å². The summed E-state index contributed by atoms with van der Waals surface area (Å²) >= 11 is 0. The molecule has 1 atom stereocenters. The molecule has 8 heteroatoms. The third-order valence-corrected chi connectivity index (χ3v) is 6.63. The first-order chi connectivity index (χ1) is 17.2. The van der Waals surface area contributed by atoms with Crippen LogP contribution in [0.25, 0.3) is 0 Å². The normalized spacial score (nSPS) is 17.0. The highest BCUT2D eigenvalue weighted by Gasteiger charge is 2.27. The van der Waals surface area contributed by atoms with Crippen LogP contribution in [0.2, 0.25) is 0 Å². The molecule has 35 heavy (non-hydrogen) atoms. The van der Waals surface area contributed by atoms with Gasteiger partial charge in [-0.2, -0.15) is 0 Å². The molecular formula is C27H30N6O2. The van der Waals surface area contributed by atoms with Gasteiger partial charge in [0.15, 0.2) is 0 Å². The highest BCUT2D eigenvalue weighted by Crippen LogP contribution is 2.32. The summed E-state index contributed by atoms with van der Waals surface area (Å²) in [6.45, 7) is 2.20. The van der Waals surface area contributed by atoms with Crippen LogP contribution in [0, 0.1) is 0 Å². The van der Waals surface area contributed by atoms with Crippen molar-refractivity contribution in [2.24, 2.45) is 0 Å². The predicted octanol–water partition coefficient (Wildman–Crippen LogP) is 3.76. The minimum atomic E-state index is -0.252. The zero-order valence-corrected chi connectivity index (χ0v) is 19.7. The third-order valence-electron chi connectivity index (χ3n) is 6.63. The number of aromatic nitrogens is 2. The van der Waals surface area contributed by atoms with Gasteiger partial charge in [0.05, 0.1) is 5.56 Å². The first kappa shape index (κ1) is 23.0.